The largest absolute Gasteiger partial charge is 0.497 e. The number of alkyl halides is 6. The first-order chi connectivity index (χ1) is 18.6. The zero-order valence-electron chi connectivity index (χ0n) is 21.6. The fraction of sp³-hybridized carbons (Fsp3) is 0.520. The summed E-state index contributed by atoms with van der Waals surface area (Å²) in [5.74, 6) is -3.60. The maximum Gasteiger partial charge on any atom is 0.490 e. The van der Waals surface area contributed by atoms with Crippen LogP contribution < -0.4 is 4.74 Å². The number of carbonyl (C=O) groups is 2. The van der Waals surface area contributed by atoms with Gasteiger partial charge in [0.05, 0.1) is 32.1 Å². The van der Waals surface area contributed by atoms with Crippen LogP contribution in [0.3, 0.4) is 0 Å². The van der Waals surface area contributed by atoms with E-state index < -0.39 is 24.3 Å². The van der Waals surface area contributed by atoms with Crippen LogP contribution in [0.15, 0.2) is 47.1 Å². The van der Waals surface area contributed by atoms with Crippen molar-refractivity contribution in [2.75, 3.05) is 27.3 Å². The molecule has 0 radical (unpaired) electrons. The van der Waals surface area contributed by atoms with E-state index in [9.17, 15) is 26.3 Å². The molecule has 15 heteroatoms. The van der Waals surface area contributed by atoms with Crippen LogP contribution in [0.2, 0.25) is 0 Å². The van der Waals surface area contributed by atoms with Crippen LogP contribution in [-0.2, 0) is 27.4 Å². The van der Waals surface area contributed by atoms with E-state index >= 15 is 0 Å². The van der Waals surface area contributed by atoms with Crippen LogP contribution >= 0.6 is 0 Å². The van der Waals surface area contributed by atoms with Crippen LogP contribution in [0.25, 0.3) is 0 Å². The third-order valence-electron chi connectivity index (χ3n) is 6.18. The Hall–Kier alpha value is -3.30. The molecule has 2 aliphatic heterocycles. The molecule has 224 valence electrons. The summed E-state index contributed by atoms with van der Waals surface area (Å²) in [4.78, 5) is 22.8. The molecule has 4 rings (SSSR count). The number of likely N-dealkylation sites (tertiary alicyclic amines) is 1. The van der Waals surface area contributed by atoms with Crippen molar-refractivity contribution in [2.45, 2.75) is 56.5 Å². The number of hydrogen-bond acceptors (Lipinski definition) is 7. The van der Waals surface area contributed by atoms with Gasteiger partial charge in [0.15, 0.2) is 0 Å². The average molecular weight is 585 g/mol. The quantitative estimate of drug-likeness (QED) is 0.477. The molecular formula is C25H30F6N2O7. The first kappa shape index (κ1) is 32.9. The van der Waals surface area contributed by atoms with E-state index in [0.717, 1.165) is 44.2 Å². The van der Waals surface area contributed by atoms with Crippen LogP contribution in [-0.4, -0.2) is 89.8 Å². The molecule has 1 aromatic carbocycles. The Morgan fingerprint density at radius 3 is 2.10 bits per heavy atom. The normalized spacial score (nSPS) is 21.0. The molecule has 0 aliphatic carbocycles. The number of aliphatic carboxylic acids is 2. The summed E-state index contributed by atoms with van der Waals surface area (Å²) in [5, 5.41) is 14.2. The van der Waals surface area contributed by atoms with E-state index in [1.54, 1.807) is 13.4 Å². The molecule has 0 amide bonds. The highest BCUT2D eigenvalue weighted by Gasteiger charge is 2.45. The van der Waals surface area contributed by atoms with Gasteiger partial charge in [0, 0.05) is 25.7 Å². The highest BCUT2D eigenvalue weighted by molar-refractivity contribution is 5.73. The predicted molar refractivity (Wildman–Crippen MR) is 128 cm³/mol. The average Bonchev–Trinajstić information content (AvgIpc) is 3.52. The van der Waals surface area contributed by atoms with E-state index in [2.05, 4.69) is 29.0 Å². The number of furan rings is 1. The molecule has 0 spiro atoms. The third kappa shape index (κ3) is 10.0. The fourth-order valence-corrected chi connectivity index (χ4v) is 4.33. The number of hydrogen-bond donors (Lipinski definition) is 2. The highest BCUT2D eigenvalue weighted by atomic mass is 19.4. The number of halogens is 6. The van der Waals surface area contributed by atoms with Crippen molar-refractivity contribution >= 4 is 11.9 Å². The van der Waals surface area contributed by atoms with Gasteiger partial charge in [-0.25, -0.2) is 9.59 Å². The molecule has 2 aromatic rings. The van der Waals surface area contributed by atoms with Gasteiger partial charge in [-0.2, -0.15) is 26.3 Å². The summed E-state index contributed by atoms with van der Waals surface area (Å²) in [6, 6.07) is 13.3. The molecule has 3 heterocycles. The number of rotatable bonds is 6. The SMILES string of the molecule is COc1ccc(CN2C[C@@H](N(C)Cc3ccco3)[C@H]3OCCC[C@H]32)cc1.O=C(O)C(F)(F)F.O=C(O)C(F)(F)F. The fourth-order valence-electron chi connectivity index (χ4n) is 4.33. The minimum atomic E-state index is -5.08. The monoisotopic (exact) mass is 584 g/mol. The molecule has 2 saturated heterocycles. The van der Waals surface area contributed by atoms with Crippen molar-refractivity contribution in [3.05, 3.63) is 54.0 Å². The summed E-state index contributed by atoms with van der Waals surface area (Å²) in [7, 11) is 3.89. The standard InChI is InChI=1S/C21H28N2O3.2C2HF3O2/c1-22(14-18-5-3-11-25-18)20-15-23(19-6-4-12-26-21(19)20)13-16-7-9-17(24-2)10-8-16;2*3-2(4,5)1(6)7/h3,5,7-11,19-21H,4,6,12-15H2,1-2H3;2*(H,6,7)/t19-,20-,21+;;/m1../s1. The van der Waals surface area contributed by atoms with Crippen molar-refractivity contribution in [3.8, 4) is 5.75 Å². The number of nitrogens with zero attached hydrogens (tertiary/aromatic N) is 2. The lowest BCUT2D eigenvalue weighted by Crippen LogP contribution is -2.46. The smallest absolute Gasteiger partial charge is 0.490 e. The van der Waals surface area contributed by atoms with Crippen molar-refractivity contribution in [2.24, 2.45) is 0 Å². The van der Waals surface area contributed by atoms with Crippen LogP contribution in [0.5, 0.6) is 5.75 Å². The van der Waals surface area contributed by atoms with Gasteiger partial charge in [-0.05, 0) is 49.7 Å². The zero-order chi connectivity index (χ0) is 30.1. The number of benzene rings is 1. The Bertz CT molecular complexity index is 1040. The van der Waals surface area contributed by atoms with Crippen molar-refractivity contribution in [3.63, 3.8) is 0 Å². The van der Waals surface area contributed by atoms with Gasteiger partial charge in [0.1, 0.15) is 11.5 Å². The summed E-state index contributed by atoms with van der Waals surface area (Å²) < 4.78 is 80.5. The van der Waals surface area contributed by atoms with E-state index in [4.69, 9.17) is 33.7 Å². The molecule has 0 bridgehead atoms. The Kier molecular flexibility index (Phi) is 11.8. The van der Waals surface area contributed by atoms with Gasteiger partial charge in [0.2, 0.25) is 0 Å². The van der Waals surface area contributed by atoms with Crippen molar-refractivity contribution in [1.29, 1.82) is 0 Å². The lowest BCUT2D eigenvalue weighted by molar-refractivity contribution is -0.193. The molecule has 3 atom stereocenters. The first-order valence-corrected chi connectivity index (χ1v) is 11.9. The summed E-state index contributed by atoms with van der Waals surface area (Å²) in [5.41, 5.74) is 1.32. The van der Waals surface area contributed by atoms with E-state index in [1.807, 2.05) is 24.3 Å². The van der Waals surface area contributed by atoms with E-state index in [1.165, 1.54) is 12.0 Å². The number of methoxy groups -OCH3 is 1. The number of likely N-dealkylation sites (N-methyl/N-ethyl adjacent to an activating group) is 1. The Labute approximate surface area is 225 Å². The van der Waals surface area contributed by atoms with Gasteiger partial charge in [0.25, 0.3) is 0 Å². The first-order valence-electron chi connectivity index (χ1n) is 11.9. The second kappa shape index (κ2) is 14.4. The summed E-state index contributed by atoms with van der Waals surface area (Å²) in [6.07, 6.45) is -5.78. The Morgan fingerprint density at radius 2 is 1.62 bits per heavy atom. The van der Waals surface area contributed by atoms with Crippen LogP contribution in [0.1, 0.15) is 24.2 Å². The lowest BCUT2D eigenvalue weighted by atomic mass is 10.00. The highest BCUT2D eigenvalue weighted by Crippen LogP contribution is 2.33. The van der Waals surface area contributed by atoms with Gasteiger partial charge >= 0.3 is 24.3 Å². The van der Waals surface area contributed by atoms with E-state index in [-0.39, 0.29) is 6.10 Å². The summed E-state index contributed by atoms with van der Waals surface area (Å²) >= 11 is 0. The van der Waals surface area contributed by atoms with Crippen molar-refractivity contribution < 1.29 is 60.0 Å². The Morgan fingerprint density at radius 1 is 1.05 bits per heavy atom. The molecular weight excluding hydrogens is 554 g/mol. The number of carboxylic acid groups (broad SMARTS) is 2. The number of fused-ring (bicyclic) bond motifs is 1. The van der Waals surface area contributed by atoms with Gasteiger partial charge in [-0.1, -0.05) is 12.1 Å². The van der Waals surface area contributed by atoms with Crippen molar-refractivity contribution in [1.82, 2.24) is 9.80 Å². The predicted octanol–water partition coefficient (Wildman–Crippen LogP) is 4.42. The minimum absolute atomic E-state index is 0.280. The maximum atomic E-state index is 10.6. The molecule has 2 N–H and O–H groups in total. The second-order valence-electron chi connectivity index (χ2n) is 8.99. The Balaban J connectivity index is 0.000000333. The topological polar surface area (TPSA) is 113 Å². The van der Waals surface area contributed by atoms with Gasteiger partial charge in [-0.3, -0.25) is 9.80 Å². The third-order valence-corrected chi connectivity index (χ3v) is 6.18. The number of carboxylic acids is 2. The van der Waals surface area contributed by atoms with Gasteiger partial charge < -0.3 is 24.1 Å². The molecule has 0 saturated carbocycles. The number of ether oxygens (including phenoxy) is 2. The molecule has 1 aromatic heterocycles. The lowest BCUT2D eigenvalue weighted by Gasteiger charge is -2.34. The summed E-state index contributed by atoms with van der Waals surface area (Å²) in [6.45, 7) is 3.68. The maximum absolute atomic E-state index is 10.6. The minimum Gasteiger partial charge on any atom is -0.497 e. The van der Waals surface area contributed by atoms with Gasteiger partial charge in [-0.15, -0.1) is 0 Å². The molecule has 0 unspecified atom stereocenters. The molecule has 2 aliphatic rings. The molecule has 2 fully saturated rings. The molecule has 40 heavy (non-hydrogen) atoms. The van der Waals surface area contributed by atoms with Crippen LogP contribution in [0, 0.1) is 0 Å². The zero-order valence-corrected chi connectivity index (χ0v) is 21.6. The van der Waals surface area contributed by atoms with E-state index in [0.29, 0.717) is 12.1 Å². The molecule has 9 nitrogen and oxygen atoms in total. The second-order valence-corrected chi connectivity index (χ2v) is 8.99. The van der Waals surface area contributed by atoms with Crippen LogP contribution in [0.4, 0.5) is 26.3 Å².